The van der Waals surface area contributed by atoms with E-state index in [-0.39, 0.29) is 6.00 Å². The van der Waals surface area contributed by atoms with Crippen molar-refractivity contribution in [1.82, 2.24) is 9.78 Å². The fraction of sp³-hybridized carbons (Fsp3) is 0.200. The van der Waals surface area contributed by atoms with Gasteiger partial charge in [-0.2, -0.15) is 5.10 Å². The molecule has 0 atom stereocenters. The molecule has 0 aliphatic carbocycles. The minimum Gasteiger partial charge on any atom is -0.238 e. The summed E-state index contributed by atoms with van der Waals surface area (Å²) in [5, 5.41) is 4.23. The second kappa shape index (κ2) is 3.32. The zero-order chi connectivity index (χ0) is 7.56. The van der Waals surface area contributed by atoms with Crippen LogP contribution in [0.5, 0.6) is 0 Å². The third-order valence-corrected chi connectivity index (χ3v) is 1.72. The summed E-state index contributed by atoms with van der Waals surface area (Å²) >= 11 is 15.9. The number of aromatic nitrogens is 2. The lowest BCUT2D eigenvalue weighted by atomic mass is 10.6. The molecular weight excluding hydrogens is 191 g/mol. The van der Waals surface area contributed by atoms with E-state index in [4.69, 9.17) is 35.4 Å². The summed E-state index contributed by atoms with van der Waals surface area (Å²) in [7, 11) is 0. The summed E-state index contributed by atoms with van der Waals surface area (Å²) < 4.78 is 2.03. The molecule has 0 aromatic carbocycles. The van der Waals surface area contributed by atoms with Crippen LogP contribution < -0.4 is 0 Å². The van der Waals surface area contributed by atoms with E-state index in [2.05, 4.69) is 5.10 Å². The molecule has 0 fully saturated rings. The Hall–Kier alpha value is -0.120. The lowest BCUT2D eigenvalue weighted by Crippen LogP contribution is -2.00. The zero-order valence-corrected chi connectivity index (χ0v) is 7.25. The molecule has 0 bridgehead atoms. The summed E-state index contributed by atoms with van der Waals surface area (Å²) in [5.41, 5.74) is 0. The predicted molar refractivity (Wildman–Crippen MR) is 43.9 cm³/mol. The van der Waals surface area contributed by atoms with Crippen molar-refractivity contribution in [1.29, 1.82) is 0 Å². The Bertz CT molecular complexity index is 283. The van der Waals surface area contributed by atoms with E-state index >= 15 is 0 Å². The third-order valence-electron chi connectivity index (χ3n) is 0.947. The molecule has 1 aromatic rings. The Morgan fingerprint density at radius 1 is 1.60 bits per heavy atom. The second-order valence-corrected chi connectivity index (χ2v) is 2.66. The average molecular weight is 195 g/mol. The zero-order valence-electron chi connectivity index (χ0n) is 4.92. The molecule has 1 rings (SSSR count). The fourth-order valence-electron chi connectivity index (χ4n) is 0.510. The maximum absolute atomic E-state index is 5.56. The number of rotatable bonds is 1. The fourth-order valence-corrected chi connectivity index (χ4v) is 1.09. The van der Waals surface area contributed by atoms with E-state index in [0.29, 0.717) is 9.79 Å². The minimum absolute atomic E-state index is 0.236. The Kier molecular flexibility index (Phi) is 2.65. The second-order valence-electron chi connectivity index (χ2n) is 1.61. The highest BCUT2D eigenvalue weighted by Crippen LogP contribution is 2.02. The molecule has 1 aromatic heterocycles. The van der Waals surface area contributed by atoms with Crippen molar-refractivity contribution < 1.29 is 0 Å². The van der Waals surface area contributed by atoms with Crippen molar-refractivity contribution in [3.63, 3.8) is 0 Å². The van der Waals surface area contributed by atoms with Crippen LogP contribution >= 0.6 is 35.4 Å². The van der Waals surface area contributed by atoms with Crippen LogP contribution in [0.1, 0.15) is 0 Å². The number of hydrogen-bond donors (Lipinski definition) is 0. The van der Waals surface area contributed by atoms with E-state index in [1.54, 1.807) is 12.1 Å². The van der Waals surface area contributed by atoms with Crippen LogP contribution in [-0.4, -0.2) is 9.78 Å². The van der Waals surface area contributed by atoms with Gasteiger partial charge in [0.2, 0.25) is 0 Å². The molecule has 0 aliphatic rings. The number of halogens is 2. The topological polar surface area (TPSA) is 17.8 Å². The number of nitrogens with zero attached hydrogens (tertiary/aromatic N) is 2. The van der Waals surface area contributed by atoms with Gasteiger partial charge in [0.1, 0.15) is 15.8 Å². The monoisotopic (exact) mass is 194 g/mol. The van der Waals surface area contributed by atoms with Gasteiger partial charge in [-0.25, -0.2) is 4.68 Å². The average Bonchev–Trinajstić information content (AvgIpc) is 1.94. The summed E-state index contributed by atoms with van der Waals surface area (Å²) in [5.74, 6) is 0. The summed E-state index contributed by atoms with van der Waals surface area (Å²) in [6, 6.07) is 3.55. The van der Waals surface area contributed by atoms with E-state index in [1.807, 2.05) is 0 Å². The lowest BCUT2D eigenvalue weighted by molar-refractivity contribution is 0.706. The van der Waals surface area contributed by atoms with E-state index < -0.39 is 0 Å². The first kappa shape index (κ1) is 7.98. The van der Waals surface area contributed by atoms with Crippen molar-refractivity contribution in [2.24, 2.45) is 0 Å². The Morgan fingerprint density at radius 3 is 2.80 bits per heavy atom. The molecule has 0 amide bonds. The molecule has 54 valence electrons. The van der Waals surface area contributed by atoms with E-state index in [1.165, 1.54) is 4.68 Å². The van der Waals surface area contributed by atoms with Crippen molar-refractivity contribution in [2.45, 2.75) is 6.00 Å². The Labute approximate surface area is 73.4 Å². The molecule has 0 unspecified atom stereocenters. The molecule has 0 saturated heterocycles. The Morgan fingerprint density at radius 2 is 2.30 bits per heavy atom. The molecular formula is C5H4Cl2N2S. The maximum Gasteiger partial charge on any atom is 0.149 e. The van der Waals surface area contributed by atoms with Crippen molar-refractivity contribution in [3.8, 4) is 0 Å². The van der Waals surface area contributed by atoms with Crippen molar-refractivity contribution >= 4 is 35.4 Å². The summed E-state index contributed by atoms with van der Waals surface area (Å²) in [4.78, 5) is 0. The number of alkyl halides is 1. The molecule has 0 spiro atoms. The van der Waals surface area contributed by atoms with Crippen LogP contribution in [0.15, 0.2) is 12.1 Å². The van der Waals surface area contributed by atoms with Crippen LogP contribution in [-0.2, 0) is 6.00 Å². The molecule has 10 heavy (non-hydrogen) atoms. The van der Waals surface area contributed by atoms with Gasteiger partial charge in [0.15, 0.2) is 0 Å². The summed E-state index contributed by atoms with van der Waals surface area (Å²) in [6.07, 6.45) is 0. The highest BCUT2D eigenvalue weighted by atomic mass is 35.5. The first-order valence-corrected chi connectivity index (χ1v) is 3.86. The lowest BCUT2D eigenvalue weighted by Gasteiger charge is -1.98. The van der Waals surface area contributed by atoms with Crippen LogP contribution in [0.4, 0.5) is 0 Å². The first-order chi connectivity index (χ1) is 4.74. The molecule has 2 nitrogen and oxygen atoms in total. The van der Waals surface area contributed by atoms with Gasteiger partial charge >= 0.3 is 0 Å². The molecule has 1 heterocycles. The minimum atomic E-state index is 0.236. The van der Waals surface area contributed by atoms with Crippen LogP contribution in [0.25, 0.3) is 0 Å². The molecule has 5 heteroatoms. The predicted octanol–water partition coefficient (Wildman–Crippen LogP) is 2.46. The summed E-state index contributed by atoms with van der Waals surface area (Å²) in [6.45, 7) is 0. The molecule has 0 N–H and O–H groups in total. The van der Waals surface area contributed by atoms with Gasteiger partial charge in [0.25, 0.3) is 0 Å². The van der Waals surface area contributed by atoms with Gasteiger partial charge in [-0.05, 0) is 12.1 Å². The molecule has 0 saturated carbocycles. The van der Waals surface area contributed by atoms with Crippen LogP contribution in [0, 0.1) is 4.64 Å². The highest BCUT2D eigenvalue weighted by molar-refractivity contribution is 7.71. The van der Waals surface area contributed by atoms with Gasteiger partial charge < -0.3 is 0 Å². The Balaban J connectivity index is 3.22. The van der Waals surface area contributed by atoms with Gasteiger partial charge in [-0.1, -0.05) is 23.8 Å². The number of hydrogen-bond acceptors (Lipinski definition) is 2. The maximum atomic E-state index is 5.56. The van der Waals surface area contributed by atoms with Gasteiger partial charge in [-0.3, -0.25) is 0 Å². The normalized spacial score (nSPS) is 9.80. The van der Waals surface area contributed by atoms with Gasteiger partial charge in [0, 0.05) is 0 Å². The standard InChI is InChI=1S/C5H4Cl2N2S/c6-3-9-5(10)2-1-4(7)8-9/h1-2H,3H2. The van der Waals surface area contributed by atoms with Gasteiger partial charge in [-0.15, -0.1) is 11.6 Å². The largest absolute Gasteiger partial charge is 0.238 e. The van der Waals surface area contributed by atoms with E-state index in [0.717, 1.165) is 0 Å². The molecule has 0 aliphatic heterocycles. The van der Waals surface area contributed by atoms with Crippen molar-refractivity contribution in [2.75, 3.05) is 0 Å². The SMILES string of the molecule is S=c1ccc(Cl)nn1CCl. The van der Waals surface area contributed by atoms with Crippen molar-refractivity contribution in [3.05, 3.63) is 21.9 Å². The quantitative estimate of drug-likeness (QED) is 0.506. The smallest absolute Gasteiger partial charge is 0.149 e. The van der Waals surface area contributed by atoms with E-state index in [9.17, 15) is 0 Å². The highest BCUT2D eigenvalue weighted by Gasteiger charge is 1.91. The van der Waals surface area contributed by atoms with Crippen LogP contribution in [0.2, 0.25) is 5.15 Å². The van der Waals surface area contributed by atoms with Crippen LogP contribution in [0.3, 0.4) is 0 Å². The first-order valence-electron chi connectivity index (χ1n) is 2.53. The molecule has 0 radical (unpaired) electrons. The van der Waals surface area contributed by atoms with Gasteiger partial charge in [0.05, 0.1) is 0 Å². The third kappa shape index (κ3) is 1.68.